The number of rotatable bonds is 4. The first-order chi connectivity index (χ1) is 8.75. The van der Waals surface area contributed by atoms with Gasteiger partial charge < -0.3 is 10.6 Å². The van der Waals surface area contributed by atoms with Crippen molar-refractivity contribution in [1.82, 2.24) is 5.32 Å². The van der Waals surface area contributed by atoms with Crippen LogP contribution in [0.15, 0.2) is 41.8 Å². The summed E-state index contributed by atoms with van der Waals surface area (Å²) in [6.07, 6.45) is 0.780. The largest absolute Gasteiger partial charge is 0.338 e. The number of nitrogens with one attached hydrogen (secondary N) is 2. The quantitative estimate of drug-likeness (QED) is 0.874. The van der Waals surface area contributed by atoms with Crippen LogP contribution in [0.5, 0.6) is 0 Å². The van der Waals surface area contributed by atoms with Gasteiger partial charge in [0.1, 0.15) is 5.82 Å². The van der Waals surface area contributed by atoms with Crippen LogP contribution in [-0.2, 0) is 6.42 Å². The van der Waals surface area contributed by atoms with Crippen LogP contribution in [0.1, 0.15) is 4.88 Å². The Balaban J connectivity index is 1.77. The maximum Gasteiger partial charge on any atom is 0.319 e. The molecule has 0 unspecified atom stereocenters. The van der Waals surface area contributed by atoms with Crippen molar-refractivity contribution >= 4 is 23.1 Å². The number of thiophene rings is 1. The Bertz CT molecular complexity index is 513. The van der Waals surface area contributed by atoms with Crippen LogP contribution < -0.4 is 10.6 Å². The summed E-state index contributed by atoms with van der Waals surface area (Å²) in [5.74, 6) is -0.439. The van der Waals surface area contributed by atoms with E-state index in [-0.39, 0.29) is 5.69 Å². The van der Waals surface area contributed by atoms with Crippen molar-refractivity contribution in [2.24, 2.45) is 0 Å². The first-order valence-electron chi connectivity index (χ1n) is 5.57. The lowest BCUT2D eigenvalue weighted by molar-refractivity contribution is 0.252. The van der Waals surface area contributed by atoms with E-state index in [0.717, 1.165) is 6.42 Å². The number of para-hydroxylation sites is 1. The van der Waals surface area contributed by atoms with E-state index >= 15 is 0 Å². The number of anilines is 1. The van der Waals surface area contributed by atoms with Gasteiger partial charge >= 0.3 is 6.03 Å². The molecule has 0 atom stereocenters. The number of hydrogen-bond acceptors (Lipinski definition) is 2. The van der Waals surface area contributed by atoms with E-state index in [1.807, 2.05) is 17.5 Å². The van der Waals surface area contributed by atoms with Crippen LogP contribution in [0.2, 0.25) is 0 Å². The Morgan fingerprint density at radius 3 is 2.78 bits per heavy atom. The Morgan fingerprint density at radius 2 is 2.06 bits per heavy atom. The minimum atomic E-state index is -0.439. The molecule has 0 aliphatic heterocycles. The van der Waals surface area contributed by atoms with E-state index in [0.29, 0.717) is 6.54 Å². The fourth-order valence-electron chi connectivity index (χ4n) is 1.48. The van der Waals surface area contributed by atoms with Gasteiger partial charge in [0, 0.05) is 11.4 Å². The number of halogens is 1. The molecule has 0 bridgehead atoms. The van der Waals surface area contributed by atoms with E-state index in [4.69, 9.17) is 0 Å². The summed E-state index contributed by atoms with van der Waals surface area (Å²) >= 11 is 1.65. The van der Waals surface area contributed by atoms with Gasteiger partial charge in [-0.2, -0.15) is 0 Å². The van der Waals surface area contributed by atoms with E-state index in [9.17, 15) is 9.18 Å². The minimum Gasteiger partial charge on any atom is -0.338 e. The molecule has 0 aliphatic carbocycles. The van der Waals surface area contributed by atoms with Crippen molar-refractivity contribution in [2.45, 2.75) is 6.42 Å². The highest BCUT2D eigenvalue weighted by molar-refractivity contribution is 7.09. The zero-order valence-corrected chi connectivity index (χ0v) is 10.5. The normalized spacial score (nSPS) is 10.1. The summed E-state index contributed by atoms with van der Waals surface area (Å²) in [6.45, 7) is 0.529. The molecular formula is C13H13FN2OS. The second-order valence-corrected chi connectivity index (χ2v) is 4.72. The maximum absolute atomic E-state index is 13.3. The molecule has 1 heterocycles. The smallest absolute Gasteiger partial charge is 0.319 e. The number of amides is 2. The zero-order valence-electron chi connectivity index (χ0n) is 9.65. The summed E-state index contributed by atoms with van der Waals surface area (Å²) in [7, 11) is 0. The Hall–Kier alpha value is -1.88. The standard InChI is InChI=1S/C13H13FN2OS/c14-11-5-1-2-6-12(11)16-13(17)15-8-7-10-4-3-9-18-10/h1-6,9H,7-8H2,(H2,15,16,17). The van der Waals surface area contributed by atoms with Crippen molar-refractivity contribution in [2.75, 3.05) is 11.9 Å². The fraction of sp³-hybridized carbons (Fsp3) is 0.154. The van der Waals surface area contributed by atoms with Gasteiger partial charge in [-0.05, 0) is 30.0 Å². The Morgan fingerprint density at radius 1 is 1.22 bits per heavy atom. The van der Waals surface area contributed by atoms with Crippen molar-refractivity contribution in [3.63, 3.8) is 0 Å². The molecule has 0 radical (unpaired) electrons. The van der Waals surface area contributed by atoms with Crippen molar-refractivity contribution in [3.05, 3.63) is 52.5 Å². The van der Waals surface area contributed by atoms with Gasteiger partial charge in [0.15, 0.2) is 0 Å². The van der Waals surface area contributed by atoms with Gasteiger partial charge in [-0.15, -0.1) is 11.3 Å². The molecule has 0 saturated carbocycles. The van der Waals surface area contributed by atoms with E-state index in [2.05, 4.69) is 10.6 Å². The zero-order chi connectivity index (χ0) is 12.8. The molecule has 1 aromatic heterocycles. The average molecular weight is 264 g/mol. The van der Waals surface area contributed by atoms with Crippen LogP contribution in [0.25, 0.3) is 0 Å². The molecule has 2 amide bonds. The van der Waals surface area contributed by atoms with Crippen LogP contribution in [0.4, 0.5) is 14.9 Å². The lowest BCUT2D eigenvalue weighted by Crippen LogP contribution is -2.30. The van der Waals surface area contributed by atoms with Crippen LogP contribution in [0, 0.1) is 5.82 Å². The molecule has 0 saturated heterocycles. The molecule has 0 aliphatic rings. The highest BCUT2D eigenvalue weighted by atomic mass is 32.1. The second kappa shape index (κ2) is 6.16. The van der Waals surface area contributed by atoms with Crippen LogP contribution in [-0.4, -0.2) is 12.6 Å². The molecule has 0 fully saturated rings. The lowest BCUT2D eigenvalue weighted by atomic mass is 10.3. The van der Waals surface area contributed by atoms with Gasteiger partial charge in [0.2, 0.25) is 0 Å². The van der Waals surface area contributed by atoms with Crippen molar-refractivity contribution < 1.29 is 9.18 Å². The molecular weight excluding hydrogens is 251 g/mol. The third-order valence-corrected chi connectivity index (χ3v) is 3.30. The van der Waals surface area contributed by atoms with Gasteiger partial charge in [0.05, 0.1) is 5.69 Å². The molecule has 2 rings (SSSR count). The molecule has 18 heavy (non-hydrogen) atoms. The lowest BCUT2D eigenvalue weighted by Gasteiger charge is -2.07. The number of carbonyl (C=O) groups is 1. The fourth-order valence-corrected chi connectivity index (χ4v) is 2.19. The predicted octanol–water partition coefficient (Wildman–Crippen LogP) is 3.25. The summed E-state index contributed by atoms with van der Waals surface area (Å²) in [4.78, 5) is 12.7. The van der Waals surface area contributed by atoms with Crippen LogP contribution >= 0.6 is 11.3 Å². The summed E-state index contributed by atoms with van der Waals surface area (Å²) in [5.41, 5.74) is 0.186. The molecule has 2 N–H and O–H groups in total. The van der Waals surface area contributed by atoms with Gasteiger partial charge in [-0.25, -0.2) is 9.18 Å². The first-order valence-corrected chi connectivity index (χ1v) is 6.45. The van der Waals surface area contributed by atoms with Crippen LogP contribution in [0.3, 0.4) is 0 Å². The van der Waals surface area contributed by atoms with Gasteiger partial charge in [-0.3, -0.25) is 0 Å². The number of hydrogen-bond donors (Lipinski definition) is 2. The third-order valence-electron chi connectivity index (χ3n) is 2.36. The molecule has 2 aromatic rings. The summed E-state index contributed by atoms with van der Waals surface area (Å²) in [5, 5.41) is 7.15. The molecule has 0 spiro atoms. The Labute approximate surface area is 109 Å². The molecule has 1 aromatic carbocycles. The second-order valence-electron chi connectivity index (χ2n) is 3.69. The number of benzene rings is 1. The highest BCUT2D eigenvalue weighted by Crippen LogP contribution is 2.12. The van der Waals surface area contributed by atoms with Gasteiger partial charge in [0.25, 0.3) is 0 Å². The van der Waals surface area contributed by atoms with E-state index < -0.39 is 11.8 Å². The summed E-state index contributed by atoms with van der Waals surface area (Å²) < 4.78 is 13.3. The maximum atomic E-state index is 13.3. The van der Waals surface area contributed by atoms with Gasteiger partial charge in [-0.1, -0.05) is 18.2 Å². The first kappa shape index (κ1) is 12.6. The molecule has 5 heteroatoms. The Kier molecular flexibility index (Phi) is 4.30. The SMILES string of the molecule is O=C(NCCc1cccs1)Nc1ccccc1F. The minimum absolute atomic E-state index is 0.186. The van der Waals surface area contributed by atoms with E-state index in [1.54, 1.807) is 23.5 Å². The average Bonchev–Trinajstić information content (AvgIpc) is 2.85. The highest BCUT2D eigenvalue weighted by Gasteiger charge is 2.05. The van der Waals surface area contributed by atoms with Crippen molar-refractivity contribution in [1.29, 1.82) is 0 Å². The summed E-state index contributed by atoms with van der Waals surface area (Å²) in [6, 6.07) is 9.67. The third kappa shape index (κ3) is 3.56. The topological polar surface area (TPSA) is 41.1 Å². The molecule has 94 valence electrons. The monoisotopic (exact) mass is 264 g/mol. The van der Waals surface area contributed by atoms with Crippen molar-refractivity contribution in [3.8, 4) is 0 Å². The molecule has 3 nitrogen and oxygen atoms in total. The number of carbonyl (C=O) groups excluding carboxylic acids is 1. The van der Waals surface area contributed by atoms with E-state index in [1.165, 1.54) is 17.0 Å². The number of urea groups is 1. The predicted molar refractivity (Wildman–Crippen MR) is 71.4 cm³/mol.